The molecule has 0 aromatic heterocycles. The van der Waals surface area contributed by atoms with E-state index in [1.807, 2.05) is 0 Å². The molecule has 0 aliphatic carbocycles. The molecule has 13 heavy (non-hydrogen) atoms. The minimum Gasteiger partial charge on any atom is -0.396 e. The van der Waals surface area contributed by atoms with Gasteiger partial charge in [-0.25, -0.2) is 8.42 Å². The second kappa shape index (κ2) is 3.94. The number of hydrogen-bond acceptors (Lipinski definition) is 4. The van der Waals surface area contributed by atoms with Crippen molar-refractivity contribution in [3.05, 3.63) is 0 Å². The lowest BCUT2D eigenvalue weighted by molar-refractivity contribution is 0.217. The maximum absolute atomic E-state index is 11.4. The van der Waals surface area contributed by atoms with Gasteiger partial charge in [0.1, 0.15) is 0 Å². The molecule has 0 aromatic carbocycles. The second-order valence-electron chi connectivity index (χ2n) is 3.70. The number of nitrogens with one attached hydrogen (secondary N) is 1. The molecule has 1 rings (SSSR count). The van der Waals surface area contributed by atoms with Gasteiger partial charge in [-0.15, -0.1) is 0 Å². The third kappa shape index (κ3) is 2.65. The van der Waals surface area contributed by atoms with E-state index >= 15 is 0 Å². The van der Waals surface area contributed by atoms with Gasteiger partial charge in [0.2, 0.25) is 0 Å². The first-order chi connectivity index (χ1) is 6.04. The van der Waals surface area contributed by atoms with E-state index in [9.17, 15) is 8.42 Å². The summed E-state index contributed by atoms with van der Waals surface area (Å²) in [5, 5.41) is 11.9. The highest BCUT2D eigenvalue weighted by molar-refractivity contribution is 7.91. The van der Waals surface area contributed by atoms with E-state index in [1.165, 1.54) is 0 Å². The summed E-state index contributed by atoms with van der Waals surface area (Å²) in [7, 11) is -1.14. The average molecular weight is 207 g/mol. The molecule has 0 bridgehead atoms. The molecule has 0 saturated carbocycles. The molecule has 4 nitrogen and oxygen atoms in total. The molecule has 1 fully saturated rings. The Bertz CT molecular complexity index is 259. The number of aliphatic hydroxyl groups excluding tert-OH is 1. The van der Waals surface area contributed by atoms with Crippen LogP contribution < -0.4 is 5.32 Å². The molecule has 0 aromatic rings. The van der Waals surface area contributed by atoms with Crippen LogP contribution in [0.15, 0.2) is 0 Å². The van der Waals surface area contributed by atoms with E-state index in [2.05, 4.69) is 5.32 Å². The third-order valence-electron chi connectivity index (χ3n) is 2.73. The monoisotopic (exact) mass is 207 g/mol. The van der Waals surface area contributed by atoms with E-state index in [-0.39, 0.29) is 17.9 Å². The summed E-state index contributed by atoms with van der Waals surface area (Å²) < 4.78 is 22.8. The van der Waals surface area contributed by atoms with Crippen molar-refractivity contribution in [1.82, 2.24) is 5.32 Å². The van der Waals surface area contributed by atoms with Crippen molar-refractivity contribution in [2.45, 2.75) is 24.8 Å². The van der Waals surface area contributed by atoms with Crippen LogP contribution in [-0.2, 0) is 9.84 Å². The Balaban J connectivity index is 2.76. The van der Waals surface area contributed by atoms with Crippen LogP contribution in [0.25, 0.3) is 0 Å². The number of sulfone groups is 1. The van der Waals surface area contributed by atoms with Crippen LogP contribution in [0.5, 0.6) is 0 Å². The zero-order valence-electron chi connectivity index (χ0n) is 7.91. The van der Waals surface area contributed by atoms with Crippen LogP contribution >= 0.6 is 0 Å². The van der Waals surface area contributed by atoms with Gasteiger partial charge < -0.3 is 10.4 Å². The fourth-order valence-corrected chi connectivity index (χ4v) is 3.93. The Morgan fingerprint density at radius 3 is 2.69 bits per heavy atom. The molecular formula is C8H17NO3S. The van der Waals surface area contributed by atoms with E-state index < -0.39 is 9.84 Å². The molecule has 0 amide bonds. The molecule has 0 radical (unpaired) electrons. The van der Waals surface area contributed by atoms with Crippen molar-refractivity contribution in [2.75, 3.05) is 25.2 Å². The van der Waals surface area contributed by atoms with Crippen LogP contribution in [0.3, 0.4) is 0 Å². The molecule has 1 aliphatic rings. The fraction of sp³-hybridized carbons (Fsp3) is 1.00. The van der Waals surface area contributed by atoms with E-state index in [0.717, 1.165) is 6.42 Å². The summed E-state index contributed by atoms with van der Waals surface area (Å²) in [6, 6.07) is 0. The first kappa shape index (κ1) is 10.9. The standard InChI is InChI=1S/C8H17NO3S/c1-9-8(4-5-10)3-2-6-13(11,12)7-8/h9-10H,2-7H2,1H3. The molecule has 1 atom stereocenters. The summed E-state index contributed by atoms with van der Waals surface area (Å²) in [6.45, 7) is 0.0381. The maximum atomic E-state index is 11.4. The average Bonchev–Trinajstić information content (AvgIpc) is 2.03. The van der Waals surface area contributed by atoms with Crippen molar-refractivity contribution >= 4 is 9.84 Å². The van der Waals surface area contributed by atoms with Gasteiger partial charge in [-0.3, -0.25) is 0 Å². The predicted molar refractivity (Wildman–Crippen MR) is 51.4 cm³/mol. The van der Waals surface area contributed by atoms with Crippen molar-refractivity contribution in [3.8, 4) is 0 Å². The molecule has 0 spiro atoms. The SMILES string of the molecule is CNC1(CCO)CCCS(=O)(=O)C1. The van der Waals surface area contributed by atoms with Crippen LogP contribution in [0.2, 0.25) is 0 Å². The number of hydrogen-bond donors (Lipinski definition) is 2. The molecule has 1 unspecified atom stereocenters. The molecule has 1 saturated heterocycles. The van der Waals surface area contributed by atoms with E-state index in [0.29, 0.717) is 18.6 Å². The summed E-state index contributed by atoms with van der Waals surface area (Å²) in [4.78, 5) is 0. The lowest BCUT2D eigenvalue weighted by Crippen LogP contribution is -2.52. The smallest absolute Gasteiger partial charge is 0.152 e. The zero-order valence-corrected chi connectivity index (χ0v) is 8.73. The first-order valence-corrected chi connectivity index (χ1v) is 6.36. The van der Waals surface area contributed by atoms with Crippen molar-refractivity contribution < 1.29 is 13.5 Å². The lowest BCUT2D eigenvalue weighted by atomic mass is 9.92. The van der Waals surface area contributed by atoms with Gasteiger partial charge in [-0.05, 0) is 26.3 Å². The summed E-state index contributed by atoms with van der Waals surface area (Å²) >= 11 is 0. The van der Waals surface area contributed by atoms with Gasteiger partial charge in [-0.1, -0.05) is 0 Å². The lowest BCUT2D eigenvalue weighted by Gasteiger charge is -2.36. The van der Waals surface area contributed by atoms with Crippen LogP contribution in [-0.4, -0.2) is 44.2 Å². The molecule has 1 aliphatic heterocycles. The Morgan fingerprint density at radius 2 is 2.23 bits per heavy atom. The molecule has 2 N–H and O–H groups in total. The van der Waals surface area contributed by atoms with Gasteiger partial charge >= 0.3 is 0 Å². The highest BCUT2D eigenvalue weighted by Gasteiger charge is 2.36. The van der Waals surface area contributed by atoms with Gasteiger partial charge in [0.15, 0.2) is 9.84 Å². The van der Waals surface area contributed by atoms with E-state index in [4.69, 9.17) is 5.11 Å². The van der Waals surface area contributed by atoms with Crippen LogP contribution in [0.4, 0.5) is 0 Å². The minimum absolute atomic E-state index is 0.0381. The Morgan fingerprint density at radius 1 is 1.54 bits per heavy atom. The van der Waals surface area contributed by atoms with Gasteiger partial charge in [0.25, 0.3) is 0 Å². The molecule has 5 heteroatoms. The van der Waals surface area contributed by atoms with Gasteiger partial charge in [0, 0.05) is 12.1 Å². The molecular weight excluding hydrogens is 190 g/mol. The number of aliphatic hydroxyl groups is 1. The second-order valence-corrected chi connectivity index (χ2v) is 5.88. The Hall–Kier alpha value is -0.130. The van der Waals surface area contributed by atoms with Crippen molar-refractivity contribution in [3.63, 3.8) is 0 Å². The summed E-state index contributed by atoms with van der Waals surface area (Å²) in [5.74, 6) is 0.457. The highest BCUT2D eigenvalue weighted by Crippen LogP contribution is 2.25. The molecule has 78 valence electrons. The van der Waals surface area contributed by atoms with Crippen molar-refractivity contribution in [1.29, 1.82) is 0 Å². The largest absolute Gasteiger partial charge is 0.396 e. The minimum atomic E-state index is -2.90. The Kier molecular flexibility index (Phi) is 3.32. The predicted octanol–water partition coefficient (Wildman–Crippen LogP) is -0.464. The zero-order chi connectivity index (χ0) is 9.95. The molecule has 1 heterocycles. The highest BCUT2D eigenvalue weighted by atomic mass is 32.2. The van der Waals surface area contributed by atoms with Crippen LogP contribution in [0.1, 0.15) is 19.3 Å². The third-order valence-corrected chi connectivity index (χ3v) is 4.63. The van der Waals surface area contributed by atoms with Crippen molar-refractivity contribution in [2.24, 2.45) is 0 Å². The fourth-order valence-electron chi connectivity index (χ4n) is 1.93. The quantitative estimate of drug-likeness (QED) is 0.657. The normalized spacial score (nSPS) is 33.1. The van der Waals surface area contributed by atoms with E-state index in [1.54, 1.807) is 7.05 Å². The van der Waals surface area contributed by atoms with Gasteiger partial charge in [0.05, 0.1) is 11.5 Å². The first-order valence-electron chi connectivity index (χ1n) is 4.54. The maximum Gasteiger partial charge on any atom is 0.152 e. The summed E-state index contributed by atoms with van der Waals surface area (Å²) in [6.07, 6.45) is 2.05. The van der Waals surface area contributed by atoms with Gasteiger partial charge in [-0.2, -0.15) is 0 Å². The summed E-state index contributed by atoms with van der Waals surface area (Å²) in [5.41, 5.74) is -0.383. The van der Waals surface area contributed by atoms with Crippen LogP contribution in [0, 0.1) is 0 Å². The number of rotatable bonds is 3. The topological polar surface area (TPSA) is 66.4 Å². The Labute approximate surface area is 79.3 Å².